The molecule has 0 bridgehead atoms. The van der Waals surface area contributed by atoms with E-state index < -0.39 is 0 Å². The fourth-order valence-corrected chi connectivity index (χ4v) is 1.06. The Balaban J connectivity index is 2.51. The molecule has 0 aromatic carbocycles. The third-order valence-corrected chi connectivity index (χ3v) is 1.61. The molecule has 1 unspecified atom stereocenters. The van der Waals surface area contributed by atoms with Crippen molar-refractivity contribution >= 4 is 5.78 Å². The maximum Gasteiger partial charge on any atom is 0.138 e. The molecule has 1 fully saturated rings. The number of hydrogen-bond acceptors (Lipinski definition) is 2. The Kier molecular flexibility index (Phi) is 1.34. The van der Waals surface area contributed by atoms with E-state index in [1.165, 1.54) is 0 Å². The highest BCUT2D eigenvalue weighted by Gasteiger charge is 2.26. The second-order valence-electron chi connectivity index (χ2n) is 2.46. The summed E-state index contributed by atoms with van der Waals surface area (Å²) in [4.78, 5) is 10.6. The van der Waals surface area contributed by atoms with E-state index >= 15 is 0 Å². The molecule has 2 nitrogen and oxygen atoms in total. The third kappa shape index (κ3) is 0.892. The first-order valence-corrected chi connectivity index (χ1v) is 2.91. The summed E-state index contributed by atoms with van der Waals surface area (Å²) in [5.41, 5.74) is 0. The van der Waals surface area contributed by atoms with E-state index in [2.05, 4.69) is 0 Å². The minimum atomic E-state index is -0.350. The summed E-state index contributed by atoms with van der Waals surface area (Å²) in [6.45, 7) is 1.86. The molecule has 0 saturated heterocycles. The van der Waals surface area contributed by atoms with Crippen molar-refractivity contribution in [2.75, 3.05) is 0 Å². The smallest absolute Gasteiger partial charge is 0.138 e. The summed E-state index contributed by atoms with van der Waals surface area (Å²) >= 11 is 0. The summed E-state index contributed by atoms with van der Waals surface area (Å²) in [7, 11) is 0. The first-order chi connectivity index (χ1) is 3.70. The van der Waals surface area contributed by atoms with Crippen molar-refractivity contribution in [2.24, 2.45) is 5.92 Å². The molecule has 1 N–H and O–H groups in total. The van der Waals surface area contributed by atoms with Crippen LogP contribution in [0.15, 0.2) is 0 Å². The SMILES string of the molecule is C[C@@H]1CC(O)CC1=O. The number of aliphatic hydroxyl groups excluding tert-OH is 1. The van der Waals surface area contributed by atoms with Crippen LogP contribution in [0.1, 0.15) is 19.8 Å². The maximum atomic E-state index is 10.6. The number of ketones is 1. The summed E-state index contributed by atoms with van der Waals surface area (Å²) in [5, 5.41) is 8.85. The van der Waals surface area contributed by atoms with E-state index in [9.17, 15) is 4.79 Å². The molecule has 0 aromatic heterocycles. The van der Waals surface area contributed by atoms with Crippen LogP contribution in [0.4, 0.5) is 0 Å². The van der Waals surface area contributed by atoms with Gasteiger partial charge in [0.2, 0.25) is 0 Å². The average molecular weight is 114 g/mol. The maximum absolute atomic E-state index is 10.6. The fourth-order valence-electron chi connectivity index (χ4n) is 1.06. The Morgan fingerprint density at radius 1 is 1.75 bits per heavy atom. The molecule has 0 aromatic rings. The van der Waals surface area contributed by atoms with Crippen LogP contribution in [0.2, 0.25) is 0 Å². The monoisotopic (exact) mass is 114 g/mol. The molecule has 1 aliphatic rings. The van der Waals surface area contributed by atoms with Gasteiger partial charge in [-0.2, -0.15) is 0 Å². The van der Waals surface area contributed by atoms with E-state index in [0.29, 0.717) is 12.8 Å². The van der Waals surface area contributed by atoms with Crippen molar-refractivity contribution in [2.45, 2.75) is 25.9 Å². The van der Waals surface area contributed by atoms with Crippen molar-refractivity contribution in [3.63, 3.8) is 0 Å². The van der Waals surface area contributed by atoms with Gasteiger partial charge in [0, 0.05) is 12.3 Å². The van der Waals surface area contributed by atoms with Crippen LogP contribution in [-0.2, 0) is 4.79 Å². The lowest BCUT2D eigenvalue weighted by atomic mass is 10.1. The van der Waals surface area contributed by atoms with Crippen LogP contribution < -0.4 is 0 Å². The number of hydrogen-bond donors (Lipinski definition) is 1. The van der Waals surface area contributed by atoms with E-state index in [1.54, 1.807) is 0 Å². The first kappa shape index (κ1) is 5.76. The molecule has 2 atom stereocenters. The Morgan fingerprint density at radius 2 is 2.38 bits per heavy atom. The largest absolute Gasteiger partial charge is 0.393 e. The molecule has 1 aliphatic carbocycles. The van der Waals surface area contributed by atoms with Crippen LogP contribution in [0.5, 0.6) is 0 Å². The van der Waals surface area contributed by atoms with Crippen LogP contribution in [0, 0.1) is 5.92 Å². The Hall–Kier alpha value is -0.370. The van der Waals surface area contributed by atoms with Crippen LogP contribution in [0.25, 0.3) is 0 Å². The lowest BCUT2D eigenvalue weighted by Gasteiger charge is -1.94. The number of carbonyl (C=O) groups is 1. The predicted molar refractivity (Wildman–Crippen MR) is 29.4 cm³/mol. The predicted octanol–water partition coefficient (Wildman–Crippen LogP) is 0.346. The summed E-state index contributed by atoms with van der Waals surface area (Å²) in [6.07, 6.45) is 0.692. The average Bonchev–Trinajstić information content (AvgIpc) is 1.85. The van der Waals surface area contributed by atoms with E-state index in [0.717, 1.165) is 0 Å². The van der Waals surface area contributed by atoms with Gasteiger partial charge in [-0.05, 0) is 6.42 Å². The van der Waals surface area contributed by atoms with E-state index in [-0.39, 0.29) is 17.8 Å². The summed E-state index contributed by atoms with van der Waals surface area (Å²) < 4.78 is 0. The minimum absolute atomic E-state index is 0.102. The number of Topliss-reactive ketones (excluding diaryl/α,β-unsaturated/α-hetero) is 1. The first-order valence-electron chi connectivity index (χ1n) is 2.91. The molecule has 8 heavy (non-hydrogen) atoms. The molecule has 2 heteroatoms. The lowest BCUT2D eigenvalue weighted by molar-refractivity contribution is -0.120. The standard InChI is InChI=1S/C6H10O2/c1-4-2-5(7)3-6(4)8/h4-5,7H,2-3H2,1H3/t4-,5?/m1/s1. The second kappa shape index (κ2) is 1.86. The highest BCUT2D eigenvalue weighted by atomic mass is 16.3. The number of carbonyl (C=O) groups excluding carboxylic acids is 1. The van der Waals surface area contributed by atoms with Gasteiger partial charge in [0.15, 0.2) is 0 Å². The molecule has 1 saturated carbocycles. The van der Waals surface area contributed by atoms with Gasteiger partial charge in [-0.15, -0.1) is 0 Å². The van der Waals surface area contributed by atoms with E-state index in [4.69, 9.17) is 5.11 Å². The van der Waals surface area contributed by atoms with Crippen molar-refractivity contribution in [3.8, 4) is 0 Å². The number of aliphatic hydroxyl groups is 1. The quantitative estimate of drug-likeness (QED) is 0.493. The van der Waals surface area contributed by atoms with Crippen molar-refractivity contribution < 1.29 is 9.90 Å². The van der Waals surface area contributed by atoms with Gasteiger partial charge in [0.05, 0.1) is 6.10 Å². The zero-order chi connectivity index (χ0) is 6.15. The van der Waals surface area contributed by atoms with Gasteiger partial charge in [-0.1, -0.05) is 6.92 Å². The summed E-state index contributed by atoms with van der Waals surface area (Å²) in [6, 6.07) is 0. The van der Waals surface area contributed by atoms with Crippen LogP contribution in [0.3, 0.4) is 0 Å². The van der Waals surface area contributed by atoms with Gasteiger partial charge in [0.1, 0.15) is 5.78 Å². The minimum Gasteiger partial charge on any atom is -0.393 e. The van der Waals surface area contributed by atoms with Crippen molar-refractivity contribution in [1.82, 2.24) is 0 Å². The molecule has 0 heterocycles. The third-order valence-electron chi connectivity index (χ3n) is 1.61. The zero-order valence-corrected chi connectivity index (χ0v) is 4.92. The fraction of sp³-hybridized carbons (Fsp3) is 0.833. The van der Waals surface area contributed by atoms with Crippen molar-refractivity contribution in [1.29, 1.82) is 0 Å². The Labute approximate surface area is 48.5 Å². The molecule has 1 rings (SSSR count). The second-order valence-corrected chi connectivity index (χ2v) is 2.46. The number of rotatable bonds is 0. The highest BCUT2D eigenvalue weighted by molar-refractivity contribution is 5.83. The van der Waals surface area contributed by atoms with Gasteiger partial charge in [-0.3, -0.25) is 4.79 Å². The molecule has 0 amide bonds. The van der Waals surface area contributed by atoms with E-state index in [1.807, 2.05) is 6.92 Å². The highest BCUT2D eigenvalue weighted by Crippen LogP contribution is 2.20. The molecular weight excluding hydrogens is 104 g/mol. The van der Waals surface area contributed by atoms with Gasteiger partial charge in [-0.25, -0.2) is 0 Å². The molecule has 0 aliphatic heterocycles. The van der Waals surface area contributed by atoms with Crippen LogP contribution in [-0.4, -0.2) is 17.0 Å². The molecular formula is C6H10O2. The molecule has 0 radical (unpaired) electrons. The topological polar surface area (TPSA) is 37.3 Å². The Morgan fingerprint density at radius 3 is 2.50 bits per heavy atom. The summed E-state index contributed by atoms with van der Waals surface area (Å²) in [5.74, 6) is 0.308. The van der Waals surface area contributed by atoms with Gasteiger partial charge < -0.3 is 5.11 Å². The lowest BCUT2D eigenvalue weighted by Crippen LogP contribution is -1.99. The molecule has 46 valence electrons. The normalized spacial score (nSPS) is 38.5. The van der Waals surface area contributed by atoms with Crippen LogP contribution >= 0.6 is 0 Å². The van der Waals surface area contributed by atoms with Crippen molar-refractivity contribution in [3.05, 3.63) is 0 Å². The Bertz CT molecular complexity index is 109. The zero-order valence-electron chi connectivity index (χ0n) is 4.92. The van der Waals surface area contributed by atoms with Gasteiger partial charge in [0.25, 0.3) is 0 Å². The molecule has 0 spiro atoms. The van der Waals surface area contributed by atoms with Gasteiger partial charge >= 0.3 is 0 Å².